The fourth-order valence-corrected chi connectivity index (χ4v) is 1.85. The third-order valence-electron chi connectivity index (χ3n) is 3.25. The predicted octanol–water partition coefficient (Wildman–Crippen LogP) is 1.40. The van der Waals surface area contributed by atoms with Gasteiger partial charge in [0.05, 0.1) is 5.41 Å². The molecule has 0 aromatic rings. The van der Waals surface area contributed by atoms with E-state index >= 15 is 0 Å². The highest BCUT2D eigenvalue weighted by molar-refractivity contribution is 5.82. The summed E-state index contributed by atoms with van der Waals surface area (Å²) in [5.41, 5.74) is 5.19. The Kier molecular flexibility index (Phi) is 3.91. The summed E-state index contributed by atoms with van der Waals surface area (Å²) in [6.45, 7) is 9.72. The number of hydrogen-bond donors (Lipinski definition) is 1. The number of nitrogens with two attached hydrogens (primary N) is 1. The minimum absolute atomic E-state index is 0.188. The van der Waals surface area contributed by atoms with Crippen molar-refractivity contribution >= 4 is 5.91 Å². The Morgan fingerprint density at radius 1 is 1.53 bits per heavy atom. The number of carbonyl (C=O) groups is 1. The van der Waals surface area contributed by atoms with Gasteiger partial charge < -0.3 is 10.6 Å². The molecule has 0 bridgehead atoms. The van der Waals surface area contributed by atoms with Crippen molar-refractivity contribution in [1.29, 1.82) is 0 Å². The largest absolute Gasteiger partial charge is 0.342 e. The lowest BCUT2D eigenvalue weighted by Crippen LogP contribution is -2.47. The summed E-state index contributed by atoms with van der Waals surface area (Å²) in [6.07, 6.45) is 4.07. The molecule has 0 aromatic carbocycles. The molecule has 0 unspecified atom stereocenters. The van der Waals surface area contributed by atoms with Crippen LogP contribution < -0.4 is 5.73 Å². The smallest absolute Gasteiger partial charge is 0.229 e. The highest BCUT2D eigenvalue weighted by atomic mass is 16.2. The Morgan fingerprint density at radius 2 is 2.07 bits per heavy atom. The first kappa shape index (κ1) is 12.2. The second kappa shape index (κ2) is 4.79. The van der Waals surface area contributed by atoms with Crippen LogP contribution in [0.5, 0.6) is 0 Å². The first-order chi connectivity index (χ1) is 7.01. The Balaban J connectivity index is 2.53. The van der Waals surface area contributed by atoms with Crippen molar-refractivity contribution in [3.05, 3.63) is 12.7 Å². The summed E-state index contributed by atoms with van der Waals surface area (Å²) < 4.78 is 0. The van der Waals surface area contributed by atoms with Gasteiger partial charge in [-0.1, -0.05) is 6.08 Å². The van der Waals surface area contributed by atoms with E-state index in [4.69, 9.17) is 5.73 Å². The molecule has 1 rings (SSSR count). The van der Waals surface area contributed by atoms with Crippen LogP contribution in [0.15, 0.2) is 12.7 Å². The first-order valence-corrected chi connectivity index (χ1v) is 5.63. The molecule has 3 nitrogen and oxygen atoms in total. The molecule has 0 aromatic heterocycles. The second-order valence-corrected chi connectivity index (χ2v) is 4.95. The first-order valence-electron chi connectivity index (χ1n) is 5.63. The lowest BCUT2D eigenvalue weighted by molar-refractivity contribution is -0.141. The Bertz CT molecular complexity index is 240. The SMILES string of the molecule is C=CC1CCN(C(=O)C(C)(C)CN)CC1. The second-order valence-electron chi connectivity index (χ2n) is 4.95. The molecule has 2 N–H and O–H groups in total. The van der Waals surface area contributed by atoms with Gasteiger partial charge in [-0.05, 0) is 32.6 Å². The van der Waals surface area contributed by atoms with Gasteiger partial charge in [0.15, 0.2) is 0 Å². The molecule has 1 aliphatic rings. The Morgan fingerprint density at radius 3 is 2.47 bits per heavy atom. The summed E-state index contributed by atoms with van der Waals surface area (Å²) in [5, 5.41) is 0. The summed E-state index contributed by atoms with van der Waals surface area (Å²) in [6, 6.07) is 0. The molecule has 1 amide bonds. The van der Waals surface area contributed by atoms with E-state index in [1.165, 1.54) is 0 Å². The van der Waals surface area contributed by atoms with Crippen molar-refractivity contribution in [1.82, 2.24) is 4.90 Å². The summed E-state index contributed by atoms with van der Waals surface area (Å²) in [4.78, 5) is 14.0. The number of nitrogens with zero attached hydrogens (tertiary/aromatic N) is 1. The maximum Gasteiger partial charge on any atom is 0.229 e. The molecule has 1 saturated heterocycles. The Hall–Kier alpha value is -0.830. The topological polar surface area (TPSA) is 46.3 Å². The monoisotopic (exact) mass is 210 g/mol. The number of piperidine rings is 1. The molecule has 1 fully saturated rings. The van der Waals surface area contributed by atoms with E-state index in [0.29, 0.717) is 12.5 Å². The molecule has 0 radical (unpaired) electrons. The molecular weight excluding hydrogens is 188 g/mol. The maximum atomic E-state index is 12.1. The van der Waals surface area contributed by atoms with E-state index in [0.717, 1.165) is 25.9 Å². The fraction of sp³-hybridized carbons (Fsp3) is 0.750. The van der Waals surface area contributed by atoms with E-state index in [2.05, 4.69) is 6.58 Å². The van der Waals surface area contributed by atoms with Crippen LogP contribution in [0.1, 0.15) is 26.7 Å². The molecule has 0 atom stereocenters. The molecule has 1 aliphatic heterocycles. The third kappa shape index (κ3) is 2.81. The Labute approximate surface area is 92.3 Å². The van der Waals surface area contributed by atoms with Gasteiger partial charge in [0.25, 0.3) is 0 Å². The van der Waals surface area contributed by atoms with Gasteiger partial charge in [0.2, 0.25) is 5.91 Å². The quantitative estimate of drug-likeness (QED) is 0.716. The number of hydrogen-bond acceptors (Lipinski definition) is 2. The zero-order valence-electron chi connectivity index (χ0n) is 9.83. The van der Waals surface area contributed by atoms with Gasteiger partial charge in [-0.15, -0.1) is 6.58 Å². The number of allylic oxidation sites excluding steroid dienone is 1. The molecule has 3 heteroatoms. The van der Waals surface area contributed by atoms with Crippen molar-refractivity contribution in [2.24, 2.45) is 17.1 Å². The van der Waals surface area contributed by atoms with Crippen molar-refractivity contribution in [3.8, 4) is 0 Å². The molecule has 0 spiro atoms. The van der Waals surface area contributed by atoms with Crippen LogP contribution in [0.3, 0.4) is 0 Å². The average molecular weight is 210 g/mol. The molecule has 0 aliphatic carbocycles. The summed E-state index contributed by atoms with van der Waals surface area (Å²) >= 11 is 0. The molecule has 1 heterocycles. The van der Waals surface area contributed by atoms with Crippen LogP contribution in [0.25, 0.3) is 0 Å². The molecule has 0 saturated carbocycles. The lowest BCUT2D eigenvalue weighted by Gasteiger charge is -2.35. The number of likely N-dealkylation sites (tertiary alicyclic amines) is 1. The average Bonchev–Trinajstić information content (AvgIpc) is 2.28. The van der Waals surface area contributed by atoms with Gasteiger partial charge in [0, 0.05) is 19.6 Å². The van der Waals surface area contributed by atoms with Crippen molar-refractivity contribution in [2.45, 2.75) is 26.7 Å². The van der Waals surface area contributed by atoms with Gasteiger partial charge in [0.1, 0.15) is 0 Å². The minimum Gasteiger partial charge on any atom is -0.342 e. The molecule has 86 valence electrons. The highest BCUT2D eigenvalue weighted by Crippen LogP contribution is 2.23. The van der Waals surface area contributed by atoms with E-state index < -0.39 is 5.41 Å². The fourth-order valence-electron chi connectivity index (χ4n) is 1.85. The van der Waals surface area contributed by atoms with E-state index in [-0.39, 0.29) is 5.91 Å². The van der Waals surface area contributed by atoms with Crippen LogP contribution in [-0.4, -0.2) is 30.4 Å². The van der Waals surface area contributed by atoms with Crippen molar-refractivity contribution < 1.29 is 4.79 Å². The van der Waals surface area contributed by atoms with Gasteiger partial charge >= 0.3 is 0 Å². The van der Waals surface area contributed by atoms with Crippen LogP contribution in [0.2, 0.25) is 0 Å². The van der Waals surface area contributed by atoms with Crippen LogP contribution in [0, 0.1) is 11.3 Å². The lowest BCUT2D eigenvalue weighted by atomic mass is 9.89. The van der Waals surface area contributed by atoms with Crippen LogP contribution in [-0.2, 0) is 4.79 Å². The van der Waals surface area contributed by atoms with E-state index in [9.17, 15) is 4.79 Å². The number of carbonyl (C=O) groups excluding carboxylic acids is 1. The third-order valence-corrected chi connectivity index (χ3v) is 3.25. The zero-order valence-corrected chi connectivity index (χ0v) is 9.83. The molecular formula is C12H22N2O. The van der Waals surface area contributed by atoms with Crippen LogP contribution in [0.4, 0.5) is 0 Å². The minimum atomic E-state index is -0.416. The summed E-state index contributed by atoms with van der Waals surface area (Å²) in [5.74, 6) is 0.766. The predicted molar refractivity (Wildman–Crippen MR) is 62.3 cm³/mol. The zero-order chi connectivity index (χ0) is 11.5. The van der Waals surface area contributed by atoms with Crippen molar-refractivity contribution in [3.63, 3.8) is 0 Å². The number of rotatable bonds is 3. The highest BCUT2D eigenvalue weighted by Gasteiger charge is 2.32. The molecule has 15 heavy (non-hydrogen) atoms. The summed E-state index contributed by atoms with van der Waals surface area (Å²) in [7, 11) is 0. The normalized spacial score (nSPS) is 19.0. The standard InChI is InChI=1S/C12H22N2O/c1-4-10-5-7-14(8-6-10)11(15)12(2,3)9-13/h4,10H,1,5-9,13H2,2-3H3. The van der Waals surface area contributed by atoms with Gasteiger partial charge in [-0.25, -0.2) is 0 Å². The number of amides is 1. The van der Waals surface area contributed by atoms with Crippen molar-refractivity contribution in [2.75, 3.05) is 19.6 Å². The maximum absolute atomic E-state index is 12.1. The van der Waals surface area contributed by atoms with Gasteiger partial charge in [-0.2, -0.15) is 0 Å². The van der Waals surface area contributed by atoms with Crippen LogP contribution >= 0.6 is 0 Å². The van der Waals surface area contributed by atoms with E-state index in [1.807, 2.05) is 24.8 Å². The van der Waals surface area contributed by atoms with E-state index in [1.54, 1.807) is 0 Å². The van der Waals surface area contributed by atoms with Gasteiger partial charge in [-0.3, -0.25) is 4.79 Å².